The minimum atomic E-state index is 0.571. The summed E-state index contributed by atoms with van der Waals surface area (Å²) in [6.07, 6.45) is 5.81. The van der Waals surface area contributed by atoms with Gasteiger partial charge in [-0.2, -0.15) is 5.26 Å². The summed E-state index contributed by atoms with van der Waals surface area (Å²) in [5, 5.41) is 9.98. The molecule has 1 N–H and O–H groups in total. The van der Waals surface area contributed by atoms with Gasteiger partial charge in [0.2, 0.25) is 0 Å². The number of fused-ring (bicyclic) bond motifs is 3. The lowest BCUT2D eigenvalue weighted by atomic mass is 10.1. The Balaban J connectivity index is 1.82. The van der Waals surface area contributed by atoms with Crippen molar-refractivity contribution < 1.29 is 0 Å². The summed E-state index contributed by atoms with van der Waals surface area (Å²) >= 11 is 0. The molecule has 0 aliphatic heterocycles. The van der Waals surface area contributed by atoms with E-state index in [1.165, 1.54) is 0 Å². The highest BCUT2D eigenvalue weighted by Gasteiger charge is 2.09. The lowest BCUT2D eigenvalue weighted by Gasteiger charge is -1.98. The second-order valence-electron chi connectivity index (χ2n) is 5.37. The Hall–Kier alpha value is -3.33. The molecular weight excluding hydrogens is 288 g/mol. The quantitative estimate of drug-likeness (QED) is 0.614. The van der Waals surface area contributed by atoms with Gasteiger partial charge in [-0.15, -0.1) is 0 Å². The zero-order valence-corrected chi connectivity index (χ0v) is 12.4. The van der Waals surface area contributed by atoms with Gasteiger partial charge in [-0.1, -0.05) is 0 Å². The van der Waals surface area contributed by atoms with Crippen LogP contribution in [0, 0.1) is 18.3 Å². The van der Waals surface area contributed by atoms with Crippen LogP contribution in [0.5, 0.6) is 0 Å². The zero-order valence-electron chi connectivity index (χ0n) is 12.4. The molecule has 6 heteroatoms. The number of pyridine rings is 1. The van der Waals surface area contributed by atoms with Gasteiger partial charge >= 0.3 is 0 Å². The van der Waals surface area contributed by atoms with Crippen LogP contribution in [0.4, 0.5) is 0 Å². The highest BCUT2D eigenvalue weighted by atomic mass is 14.9. The molecule has 0 bridgehead atoms. The topological polar surface area (TPSA) is 91.1 Å². The number of nitrogens with zero attached hydrogens (tertiary/aromatic N) is 5. The molecule has 0 spiro atoms. The number of H-pyrrole nitrogens is 1. The predicted octanol–water partition coefficient (Wildman–Crippen LogP) is 2.67. The van der Waals surface area contributed by atoms with E-state index in [-0.39, 0.29) is 0 Å². The van der Waals surface area contributed by atoms with E-state index < -0.39 is 0 Å². The fourth-order valence-electron chi connectivity index (χ4n) is 2.55. The molecule has 0 radical (unpaired) electrons. The van der Waals surface area contributed by atoms with E-state index in [4.69, 9.17) is 5.26 Å². The predicted molar refractivity (Wildman–Crippen MR) is 85.7 cm³/mol. The number of nitriles is 1. The fraction of sp³-hybridized carbons (Fsp3) is 0.118. The van der Waals surface area contributed by atoms with E-state index in [2.05, 4.69) is 31.0 Å². The molecule has 0 aliphatic rings. The molecule has 0 fully saturated rings. The van der Waals surface area contributed by atoms with Crippen molar-refractivity contribution in [1.29, 1.82) is 5.26 Å². The third kappa shape index (κ3) is 2.38. The summed E-state index contributed by atoms with van der Waals surface area (Å²) in [7, 11) is 0. The van der Waals surface area contributed by atoms with Crippen molar-refractivity contribution in [3.05, 3.63) is 59.6 Å². The van der Waals surface area contributed by atoms with E-state index >= 15 is 0 Å². The number of aryl methyl sites for hydroxylation is 1. The number of nitrogens with one attached hydrogen (secondary N) is 1. The van der Waals surface area contributed by atoms with E-state index in [9.17, 15) is 0 Å². The van der Waals surface area contributed by atoms with E-state index in [1.54, 1.807) is 24.7 Å². The molecule has 0 atom stereocenters. The van der Waals surface area contributed by atoms with Crippen LogP contribution in [0.15, 0.2) is 36.8 Å². The SMILES string of the molecule is Cc1cnc(Cc2nc3cnc4ccc(C#N)cc4c3[nH]2)cn1. The Kier molecular flexibility index (Phi) is 2.98. The maximum atomic E-state index is 9.08. The smallest absolute Gasteiger partial charge is 0.113 e. The Bertz CT molecular complexity index is 1060. The van der Waals surface area contributed by atoms with Crippen molar-refractivity contribution in [3.8, 4) is 6.07 Å². The Morgan fingerprint density at radius 3 is 2.78 bits per heavy atom. The Morgan fingerprint density at radius 2 is 2.00 bits per heavy atom. The summed E-state index contributed by atoms with van der Waals surface area (Å²) < 4.78 is 0. The molecule has 3 heterocycles. The maximum absolute atomic E-state index is 9.08. The van der Waals surface area contributed by atoms with Crippen molar-refractivity contribution in [3.63, 3.8) is 0 Å². The minimum Gasteiger partial charge on any atom is -0.341 e. The van der Waals surface area contributed by atoms with Gasteiger partial charge in [0.05, 0.1) is 40.3 Å². The van der Waals surface area contributed by atoms with Crippen LogP contribution >= 0.6 is 0 Å². The molecular formula is C17H12N6. The molecule has 3 aromatic heterocycles. The molecule has 0 amide bonds. The van der Waals surface area contributed by atoms with Gasteiger partial charge in [0.1, 0.15) is 11.3 Å². The number of hydrogen-bond donors (Lipinski definition) is 1. The van der Waals surface area contributed by atoms with Gasteiger partial charge < -0.3 is 4.98 Å². The number of benzene rings is 1. The summed E-state index contributed by atoms with van der Waals surface area (Å²) in [6, 6.07) is 7.60. The average molecular weight is 300 g/mol. The Labute approximate surface area is 131 Å². The van der Waals surface area contributed by atoms with Crippen molar-refractivity contribution in [2.45, 2.75) is 13.3 Å². The molecule has 6 nitrogen and oxygen atoms in total. The number of aromatic amines is 1. The summed E-state index contributed by atoms with van der Waals surface area (Å²) in [4.78, 5) is 20.9. The molecule has 4 aromatic rings. The van der Waals surface area contributed by atoms with E-state index in [0.717, 1.165) is 39.1 Å². The van der Waals surface area contributed by atoms with Gasteiger partial charge in [0.15, 0.2) is 0 Å². The molecule has 0 aliphatic carbocycles. The Morgan fingerprint density at radius 1 is 1.09 bits per heavy atom. The third-order valence-electron chi connectivity index (χ3n) is 3.68. The normalized spacial score (nSPS) is 11.0. The van der Waals surface area contributed by atoms with Gasteiger partial charge in [0.25, 0.3) is 0 Å². The number of imidazole rings is 1. The van der Waals surface area contributed by atoms with Crippen LogP contribution < -0.4 is 0 Å². The minimum absolute atomic E-state index is 0.571. The average Bonchev–Trinajstić information content (AvgIpc) is 2.99. The highest BCUT2D eigenvalue weighted by Crippen LogP contribution is 2.23. The second kappa shape index (κ2) is 5.14. The number of hydrogen-bond acceptors (Lipinski definition) is 5. The number of aromatic nitrogens is 5. The molecule has 110 valence electrons. The summed E-state index contributed by atoms with van der Waals surface area (Å²) in [6.45, 7) is 1.91. The monoisotopic (exact) mass is 300 g/mol. The van der Waals surface area contributed by atoms with E-state index in [0.29, 0.717) is 12.0 Å². The first kappa shape index (κ1) is 13.3. The molecule has 0 saturated heterocycles. The molecule has 4 rings (SSSR count). The van der Waals surface area contributed by atoms with Gasteiger partial charge in [0, 0.05) is 24.2 Å². The zero-order chi connectivity index (χ0) is 15.8. The summed E-state index contributed by atoms with van der Waals surface area (Å²) in [5.41, 5.74) is 4.85. The van der Waals surface area contributed by atoms with E-state index in [1.807, 2.05) is 19.1 Å². The lowest BCUT2D eigenvalue weighted by Crippen LogP contribution is -1.96. The molecule has 23 heavy (non-hydrogen) atoms. The second-order valence-corrected chi connectivity index (χ2v) is 5.37. The first-order chi connectivity index (χ1) is 11.2. The van der Waals surface area contributed by atoms with Crippen LogP contribution in [0.2, 0.25) is 0 Å². The van der Waals surface area contributed by atoms with Crippen LogP contribution in [-0.4, -0.2) is 24.9 Å². The molecule has 0 saturated carbocycles. The van der Waals surface area contributed by atoms with Crippen molar-refractivity contribution in [2.24, 2.45) is 0 Å². The van der Waals surface area contributed by atoms with Gasteiger partial charge in [-0.05, 0) is 25.1 Å². The van der Waals surface area contributed by atoms with Crippen LogP contribution in [0.1, 0.15) is 22.8 Å². The van der Waals surface area contributed by atoms with Crippen molar-refractivity contribution >= 4 is 21.9 Å². The summed E-state index contributed by atoms with van der Waals surface area (Å²) in [5.74, 6) is 0.801. The van der Waals surface area contributed by atoms with Crippen LogP contribution in [0.25, 0.3) is 21.9 Å². The lowest BCUT2D eigenvalue weighted by molar-refractivity contribution is 0.950. The molecule has 0 unspecified atom stereocenters. The number of rotatable bonds is 2. The van der Waals surface area contributed by atoms with Crippen LogP contribution in [-0.2, 0) is 6.42 Å². The molecule has 1 aromatic carbocycles. The fourth-order valence-corrected chi connectivity index (χ4v) is 2.55. The largest absolute Gasteiger partial charge is 0.341 e. The van der Waals surface area contributed by atoms with Crippen molar-refractivity contribution in [2.75, 3.05) is 0 Å². The van der Waals surface area contributed by atoms with Gasteiger partial charge in [-0.25, -0.2) is 4.98 Å². The van der Waals surface area contributed by atoms with Crippen LogP contribution in [0.3, 0.4) is 0 Å². The van der Waals surface area contributed by atoms with Crippen molar-refractivity contribution in [1.82, 2.24) is 24.9 Å². The first-order valence-electron chi connectivity index (χ1n) is 7.18. The maximum Gasteiger partial charge on any atom is 0.113 e. The highest BCUT2D eigenvalue weighted by molar-refractivity contribution is 6.02. The van der Waals surface area contributed by atoms with Gasteiger partial charge in [-0.3, -0.25) is 15.0 Å². The standard InChI is InChI=1S/C17H12N6/c1-10-7-20-12(8-19-10)5-16-22-15-9-21-14-3-2-11(6-18)4-13(14)17(15)23-16/h2-4,7-9H,5H2,1H3,(H,22,23). The third-order valence-corrected chi connectivity index (χ3v) is 3.68. The first-order valence-corrected chi connectivity index (χ1v) is 7.18.